The summed E-state index contributed by atoms with van der Waals surface area (Å²) in [6.45, 7) is 0. The van der Waals surface area contributed by atoms with E-state index in [-0.39, 0.29) is 17.9 Å². The molecule has 2 aromatic rings. The minimum atomic E-state index is -0.0635. The Bertz CT molecular complexity index is 611. The molecule has 4 heteroatoms. The van der Waals surface area contributed by atoms with Crippen molar-refractivity contribution in [2.24, 2.45) is 11.7 Å². The van der Waals surface area contributed by atoms with Crippen LogP contribution in [0.2, 0.25) is 0 Å². The SMILES string of the molecule is NC1CCCC1C(=O)Nc1cnc2ccccc2c1. The van der Waals surface area contributed by atoms with Crippen molar-refractivity contribution in [1.82, 2.24) is 4.98 Å². The van der Waals surface area contributed by atoms with Crippen LogP contribution in [-0.2, 0) is 4.79 Å². The van der Waals surface area contributed by atoms with Crippen molar-refractivity contribution in [3.05, 3.63) is 36.5 Å². The van der Waals surface area contributed by atoms with Crippen LogP contribution >= 0.6 is 0 Å². The third-order valence-corrected chi connectivity index (χ3v) is 3.76. The molecule has 4 nitrogen and oxygen atoms in total. The van der Waals surface area contributed by atoms with Gasteiger partial charge in [-0.1, -0.05) is 24.6 Å². The number of nitrogens with two attached hydrogens (primary N) is 1. The van der Waals surface area contributed by atoms with Gasteiger partial charge >= 0.3 is 0 Å². The van der Waals surface area contributed by atoms with Crippen molar-refractivity contribution >= 4 is 22.5 Å². The fraction of sp³-hybridized carbons (Fsp3) is 0.333. The zero-order chi connectivity index (χ0) is 13.2. The van der Waals surface area contributed by atoms with E-state index in [1.165, 1.54) is 0 Å². The minimum Gasteiger partial charge on any atom is -0.327 e. The second-order valence-electron chi connectivity index (χ2n) is 5.11. The molecule has 0 aliphatic heterocycles. The number of nitrogens with zero attached hydrogens (tertiary/aromatic N) is 1. The molecular weight excluding hydrogens is 238 g/mol. The summed E-state index contributed by atoms with van der Waals surface area (Å²) < 4.78 is 0. The number of amides is 1. The van der Waals surface area contributed by atoms with Gasteiger partial charge in [-0.3, -0.25) is 9.78 Å². The number of fused-ring (bicyclic) bond motifs is 1. The highest BCUT2D eigenvalue weighted by molar-refractivity contribution is 5.95. The van der Waals surface area contributed by atoms with Crippen molar-refractivity contribution < 1.29 is 4.79 Å². The summed E-state index contributed by atoms with van der Waals surface area (Å²) in [6, 6.07) is 9.79. The molecule has 0 bridgehead atoms. The fourth-order valence-corrected chi connectivity index (χ4v) is 2.69. The topological polar surface area (TPSA) is 68.0 Å². The van der Waals surface area contributed by atoms with Crippen LogP contribution in [0.4, 0.5) is 5.69 Å². The van der Waals surface area contributed by atoms with Crippen LogP contribution < -0.4 is 11.1 Å². The monoisotopic (exact) mass is 255 g/mol. The lowest BCUT2D eigenvalue weighted by Gasteiger charge is -2.15. The molecule has 2 atom stereocenters. The Morgan fingerprint density at radius 1 is 1.32 bits per heavy atom. The summed E-state index contributed by atoms with van der Waals surface area (Å²) in [7, 11) is 0. The van der Waals surface area contributed by atoms with E-state index >= 15 is 0 Å². The van der Waals surface area contributed by atoms with Gasteiger partial charge in [-0.25, -0.2) is 0 Å². The second kappa shape index (κ2) is 4.97. The number of nitrogens with one attached hydrogen (secondary N) is 1. The molecule has 1 saturated carbocycles. The number of rotatable bonds is 2. The summed E-state index contributed by atoms with van der Waals surface area (Å²) in [6.07, 6.45) is 4.55. The molecule has 0 spiro atoms. The van der Waals surface area contributed by atoms with E-state index in [4.69, 9.17) is 5.73 Å². The summed E-state index contributed by atoms with van der Waals surface area (Å²) >= 11 is 0. The summed E-state index contributed by atoms with van der Waals surface area (Å²) in [5, 5.41) is 3.95. The van der Waals surface area contributed by atoms with Crippen molar-refractivity contribution in [1.29, 1.82) is 0 Å². The first-order valence-corrected chi connectivity index (χ1v) is 6.65. The largest absolute Gasteiger partial charge is 0.327 e. The van der Waals surface area contributed by atoms with Gasteiger partial charge in [-0.2, -0.15) is 0 Å². The molecule has 3 rings (SSSR count). The molecule has 0 saturated heterocycles. The number of carbonyl (C=O) groups is 1. The number of carbonyl (C=O) groups excluding carboxylic acids is 1. The lowest BCUT2D eigenvalue weighted by atomic mass is 10.0. The van der Waals surface area contributed by atoms with Gasteiger partial charge in [0.15, 0.2) is 0 Å². The highest BCUT2D eigenvalue weighted by Crippen LogP contribution is 2.25. The van der Waals surface area contributed by atoms with E-state index in [1.54, 1.807) is 6.20 Å². The van der Waals surface area contributed by atoms with Crippen molar-refractivity contribution in [3.8, 4) is 0 Å². The maximum Gasteiger partial charge on any atom is 0.229 e. The Hall–Kier alpha value is -1.94. The molecule has 2 unspecified atom stereocenters. The molecule has 1 amide bonds. The smallest absolute Gasteiger partial charge is 0.229 e. The molecule has 3 N–H and O–H groups in total. The van der Waals surface area contributed by atoms with Crippen LogP contribution in [0.25, 0.3) is 10.9 Å². The second-order valence-corrected chi connectivity index (χ2v) is 5.11. The number of hydrogen-bond acceptors (Lipinski definition) is 3. The number of anilines is 1. The van der Waals surface area contributed by atoms with Crippen LogP contribution in [0.1, 0.15) is 19.3 Å². The fourth-order valence-electron chi connectivity index (χ4n) is 2.69. The maximum atomic E-state index is 12.1. The van der Waals surface area contributed by atoms with Gasteiger partial charge < -0.3 is 11.1 Å². The number of hydrogen-bond donors (Lipinski definition) is 2. The Morgan fingerprint density at radius 2 is 2.16 bits per heavy atom. The minimum absolute atomic E-state index is 0.00610. The highest BCUT2D eigenvalue weighted by Gasteiger charge is 2.30. The first-order valence-electron chi connectivity index (χ1n) is 6.65. The molecule has 1 aromatic heterocycles. The lowest BCUT2D eigenvalue weighted by Crippen LogP contribution is -2.34. The molecule has 1 aliphatic rings. The van der Waals surface area contributed by atoms with Crippen molar-refractivity contribution in [3.63, 3.8) is 0 Å². The number of aromatic nitrogens is 1. The standard InChI is InChI=1S/C15H17N3O/c16-13-6-3-5-12(13)15(19)18-11-8-10-4-1-2-7-14(10)17-9-11/h1-2,4,7-9,12-13H,3,5-6,16H2,(H,18,19). The van der Waals surface area contributed by atoms with Gasteiger partial charge in [-0.05, 0) is 25.0 Å². The van der Waals surface area contributed by atoms with Gasteiger partial charge in [0.25, 0.3) is 0 Å². The Kier molecular flexibility index (Phi) is 3.17. The average Bonchev–Trinajstić information content (AvgIpc) is 2.85. The van der Waals surface area contributed by atoms with Gasteiger partial charge in [-0.15, -0.1) is 0 Å². The molecule has 98 valence electrons. The molecule has 1 heterocycles. The van der Waals surface area contributed by atoms with Gasteiger partial charge in [0.2, 0.25) is 5.91 Å². The Labute approximate surface area is 112 Å². The van der Waals surface area contributed by atoms with Crippen LogP contribution in [0, 0.1) is 5.92 Å². The van der Waals surface area contributed by atoms with Crippen LogP contribution in [0.15, 0.2) is 36.5 Å². The highest BCUT2D eigenvalue weighted by atomic mass is 16.1. The number of benzene rings is 1. The molecule has 19 heavy (non-hydrogen) atoms. The maximum absolute atomic E-state index is 12.1. The van der Waals surface area contributed by atoms with E-state index in [1.807, 2.05) is 30.3 Å². The van der Waals surface area contributed by atoms with Crippen molar-refractivity contribution in [2.45, 2.75) is 25.3 Å². The summed E-state index contributed by atoms with van der Waals surface area (Å²) in [5.41, 5.74) is 7.62. The van der Waals surface area contributed by atoms with Crippen LogP contribution in [0.3, 0.4) is 0 Å². The van der Waals surface area contributed by atoms with E-state index < -0.39 is 0 Å². The van der Waals surface area contributed by atoms with E-state index in [0.717, 1.165) is 35.9 Å². The van der Waals surface area contributed by atoms with Gasteiger partial charge in [0.1, 0.15) is 0 Å². The predicted octanol–water partition coefficient (Wildman–Crippen LogP) is 2.30. The number of pyridine rings is 1. The predicted molar refractivity (Wildman–Crippen MR) is 75.7 cm³/mol. The molecule has 1 fully saturated rings. The van der Waals surface area contributed by atoms with Gasteiger partial charge in [0, 0.05) is 11.4 Å². The third kappa shape index (κ3) is 2.44. The zero-order valence-electron chi connectivity index (χ0n) is 10.7. The first-order chi connectivity index (χ1) is 9.24. The first kappa shape index (κ1) is 12.1. The molecule has 1 aliphatic carbocycles. The van der Waals surface area contributed by atoms with E-state index in [9.17, 15) is 4.79 Å². The average molecular weight is 255 g/mol. The molecule has 0 radical (unpaired) electrons. The van der Waals surface area contributed by atoms with Crippen molar-refractivity contribution in [2.75, 3.05) is 5.32 Å². The summed E-state index contributed by atoms with van der Waals surface area (Å²) in [5.74, 6) is -0.0476. The molecular formula is C15H17N3O. The third-order valence-electron chi connectivity index (χ3n) is 3.76. The zero-order valence-corrected chi connectivity index (χ0v) is 10.7. The van der Waals surface area contributed by atoms with Crippen LogP contribution in [0.5, 0.6) is 0 Å². The quantitative estimate of drug-likeness (QED) is 0.865. The Morgan fingerprint density at radius 3 is 2.95 bits per heavy atom. The summed E-state index contributed by atoms with van der Waals surface area (Å²) in [4.78, 5) is 16.5. The van der Waals surface area contributed by atoms with E-state index in [0.29, 0.717) is 0 Å². The van der Waals surface area contributed by atoms with Gasteiger partial charge in [0.05, 0.1) is 23.3 Å². The number of para-hydroxylation sites is 1. The Balaban J connectivity index is 1.79. The lowest BCUT2D eigenvalue weighted by molar-refractivity contribution is -0.120. The van der Waals surface area contributed by atoms with Crippen LogP contribution in [-0.4, -0.2) is 16.9 Å². The molecule has 1 aromatic carbocycles. The normalized spacial score (nSPS) is 22.6. The van der Waals surface area contributed by atoms with E-state index in [2.05, 4.69) is 10.3 Å².